The van der Waals surface area contributed by atoms with Crippen LogP contribution in [0.3, 0.4) is 0 Å². The molecule has 0 fully saturated rings. The van der Waals surface area contributed by atoms with Crippen molar-refractivity contribution in [2.75, 3.05) is 7.05 Å². The smallest absolute Gasteiger partial charge is 0.320 e. The highest BCUT2D eigenvalue weighted by Crippen LogP contribution is 2.01. The van der Waals surface area contributed by atoms with Crippen LogP contribution in [0.1, 0.15) is 20.3 Å². The molecule has 0 aliphatic rings. The van der Waals surface area contributed by atoms with Crippen LogP contribution in [0.5, 0.6) is 0 Å². The first-order chi connectivity index (χ1) is 5.95. The summed E-state index contributed by atoms with van der Waals surface area (Å²) in [6.07, 6.45) is 1.86. The third-order valence-corrected chi connectivity index (χ3v) is 1.13. The Morgan fingerprint density at radius 3 is 2.08 bits per heavy atom. The Morgan fingerprint density at radius 2 is 2.00 bits per heavy atom. The topological polar surface area (TPSA) is 92.8 Å². The van der Waals surface area contributed by atoms with Crippen LogP contribution < -0.4 is 5.73 Å². The number of carboxylic acid groups (broad SMARTS) is 1. The van der Waals surface area contributed by atoms with Crippen molar-refractivity contribution in [3.63, 3.8) is 0 Å². The molecule has 0 rings (SSSR count). The van der Waals surface area contributed by atoms with Crippen molar-refractivity contribution >= 4 is 12.0 Å². The number of hydrogen-bond acceptors (Lipinski definition) is 4. The molecule has 1 atom stereocenters. The van der Waals surface area contributed by atoms with Crippen molar-refractivity contribution < 1.29 is 14.7 Å². The molecule has 0 heterocycles. The van der Waals surface area contributed by atoms with Gasteiger partial charge in [-0.2, -0.15) is 0 Å². The summed E-state index contributed by atoms with van der Waals surface area (Å²) in [6.45, 7) is 3.89. The highest BCUT2D eigenvalue weighted by atomic mass is 16.4. The standard InChI is InChI=1S/C6H13NO2.C2H3NO/c1-4(2)3-5(7)6(8)9;1-3-2-4/h4-5H,3,7H2,1-2H3,(H,8,9);1H3. The SMILES string of the molecule is CC(C)CC(N)C(=O)O.CN=C=O. The molecule has 5 nitrogen and oxygen atoms in total. The van der Waals surface area contributed by atoms with Crippen LogP contribution in [0.4, 0.5) is 0 Å². The Kier molecular flexibility index (Phi) is 9.82. The third kappa shape index (κ3) is 13.8. The first-order valence-electron chi connectivity index (χ1n) is 3.90. The van der Waals surface area contributed by atoms with Crippen molar-refractivity contribution in [2.24, 2.45) is 16.6 Å². The van der Waals surface area contributed by atoms with E-state index in [0.717, 1.165) is 0 Å². The Hall–Kier alpha value is -1.19. The van der Waals surface area contributed by atoms with Crippen molar-refractivity contribution in [2.45, 2.75) is 26.3 Å². The average Bonchev–Trinajstić information content (AvgIpc) is 2.03. The van der Waals surface area contributed by atoms with E-state index in [1.54, 1.807) is 0 Å². The predicted octanol–water partition coefficient (Wildman–Crippen LogP) is 0.396. The molecule has 0 spiro atoms. The lowest BCUT2D eigenvalue weighted by atomic mass is 10.1. The van der Waals surface area contributed by atoms with Gasteiger partial charge in [-0.25, -0.2) is 9.79 Å². The van der Waals surface area contributed by atoms with Gasteiger partial charge in [-0.05, 0) is 12.3 Å². The molecule has 0 saturated carbocycles. The van der Waals surface area contributed by atoms with Gasteiger partial charge in [0.2, 0.25) is 6.08 Å². The van der Waals surface area contributed by atoms with E-state index in [1.165, 1.54) is 13.1 Å². The van der Waals surface area contributed by atoms with Crippen LogP contribution in [0.2, 0.25) is 0 Å². The van der Waals surface area contributed by atoms with Crippen molar-refractivity contribution in [3.05, 3.63) is 0 Å². The van der Waals surface area contributed by atoms with E-state index in [-0.39, 0.29) is 0 Å². The second-order valence-corrected chi connectivity index (χ2v) is 2.89. The number of nitrogens with zero attached hydrogens (tertiary/aromatic N) is 1. The van der Waals surface area contributed by atoms with Gasteiger partial charge in [0, 0.05) is 7.05 Å². The Labute approximate surface area is 77.7 Å². The highest BCUT2D eigenvalue weighted by molar-refractivity contribution is 5.72. The fourth-order valence-corrected chi connectivity index (χ4v) is 0.609. The first kappa shape index (κ1) is 14.3. The summed E-state index contributed by atoms with van der Waals surface area (Å²) in [5, 5.41) is 8.31. The molecule has 0 bridgehead atoms. The fourth-order valence-electron chi connectivity index (χ4n) is 0.609. The normalized spacial score (nSPS) is 10.8. The zero-order valence-electron chi connectivity index (χ0n) is 8.15. The molecule has 0 aromatic carbocycles. The summed E-state index contributed by atoms with van der Waals surface area (Å²) in [5.74, 6) is -0.556. The minimum atomic E-state index is -0.913. The van der Waals surface area contributed by atoms with Crippen LogP contribution in [-0.4, -0.2) is 30.2 Å². The molecule has 0 radical (unpaired) electrons. The monoisotopic (exact) mass is 188 g/mol. The lowest BCUT2D eigenvalue weighted by molar-refractivity contribution is -0.138. The van der Waals surface area contributed by atoms with Crippen molar-refractivity contribution in [1.82, 2.24) is 0 Å². The molecule has 0 amide bonds. The lowest BCUT2D eigenvalue weighted by Gasteiger charge is -2.07. The molecule has 13 heavy (non-hydrogen) atoms. The number of carbonyl (C=O) groups excluding carboxylic acids is 1. The molecule has 1 unspecified atom stereocenters. The number of carbonyl (C=O) groups is 1. The molecule has 3 N–H and O–H groups in total. The summed E-state index contributed by atoms with van der Waals surface area (Å²) >= 11 is 0. The maximum Gasteiger partial charge on any atom is 0.320 e. The van der Waals surface area contributed by atoms with Crippen LogP contribution >= 0.6 is 0 Å². The third-order valence-electron chi connectivity index (χ3n) is 1.13. The van der Waals surface area contributed by atoms with Gasteiger partial charge < -0.3 is 10.8 Å². The second-order valence-electron chi connectivity index (χ2n) is 2.89. The number of isocyanates is 1. The average molecular weight is 188 g/mol. The van der Waals surface area contributed by atoms with E-state index in [9.17, 15) is 4.79 Å². The van der Waals surface area contributed by atoms with Gasteiger partial charge in [0.25, 0.3) is 0 Å². The minimum Gasteiger partial charge on any atom is -0.480 e. The molecule has 0 aliphatic heterocycles. The Morgan fingerprint density at radius 1 is 1.62 bits per heavy atom. The van der Waals surface area contributed by atoms with Crippen molar-refractivity contribution in [3.8, 4) is 0 Å². The van der Waals surface area contributed by atoms with Crippen LogP contribution in [0.15, 0.2) is 4.99 Å². The van der Waals surface area contributed by atoms with Gasteiger partial charge in [-0.15, -0.1) is 0 Å². The number of aliphatic imine (C=N–C) groups is 1. The van der Waals surface area contributed by atoms with E-state index in [1.807, 2.05) is 13.8 Å². The maximum atomic E-state index is 10.1. The molecular weight excluding hydrogens is 172 g/mol. The van der Waals surface area contributed by atoms with E-state index in [0.29, 0.717) is 12.3 Å². The zero-order chi connectivity index (χ0) is 10.9. The molecule has 0 aliphatic carbocycles. The van der Waals surface area contributed by atoms with Gasteiger partial charge in [0.15, 0.2) is 0 Å². The minimum absolute atomic E-state index is 0.357. The van der Waals surface area contributed by atoms with Gasteiger partial charge in [-0.3, -0.25) is 4.79 Å². The first-order valence-corrected chi connectivity index (χ1v) is 3.90. The molecule has 0 saturated heterocycles. The quantitative estimate of drug-likeness (QED) is 0.495. The molecule has 76 valence electrons. The van der Waals surface area contributed by atoms with E-state index in [4.69, 9.17) is 15.6 Å². The zero-order valence-corrected chi connectivity index (χ0v) is 8.15. The summed E-state index contributed by atoms with van der Waals surface area (Å²) in [5.41, 5.74) is 5.22. The lowest BCUT2D eigenvalue weighted by Crippen LogP contribution is -2.31. The summed E-state index contributed by atoms with van der Waals surface area (Å²) in [6, 6.07) is -0.690. The fraction of sp³-hybridized carbons (Fsp3) is 0.750. The van der Waals surface area contributed by atoms with Gasteiger partial charge >= 0.3 is 5.97 Å². The summed E-state index contributed by atoms with van der Waals surface area (Å²) in [4.78, 5) is 21.9. The summed E-state index contributed by atoms with van der Waals surface area (Å²) < 4.78 is 0. The summed E-state index contributed by atoms with van der Waals surface area (Å²) in [7, 11) is 1.38. The number of carboxylic acids is 1. The van der Waals surface area contributed by atoms with E-state index < -0.39 is 12.0 Å². The van der Waals surface area contributed by atoms with Gasteiger partial charge in [-0.1, -0.05) is 13.8 Å². The van der Waals surface area contributed by atoms with E-state index >= 15 is 0 Å². The second kappa shape index (κ2) is 8.90. The Bertz CT molecular complexity index is 186. The van der Waals surface area contributed by atoms with Gasteiger partial charge in [0.1, 0.15) is 6.04 Å². The maximum absolute atomic E-state index is 10.1. The Balaban J connectivity index is 0. The highest BCUT2D eigenvalue weighted by Gasteiger charge is 2.11. The van der Waals surface area contributed by atoms with Crippen LogP contribution in [-0.2, 0) is 9.59 Å². The predicted molar refractivity (Wildman–Crippen MR) is 49.1 cm³/mol. The molecule has 5 heteroatoms. The number of hydrogen-bond donors (Lipinski definition) is 2. The molecule has 0 aromatic heterocycles. The number of aliphatic carboxylic acids is 1. The largest absolute Gasteiger partial charge is 0.480 e. The van der Waals surface area contributed by atoms with Crippen molar-refractivity contribution in [1.29, 1.82) is 0 Å². The van der Waals surface area contributed by atoms with Crippen LogP contribution in [0.25, 0.3) is 0 Å². The van der Waals surface area contributed by atoms with E-state index in [2.05, 4.69) is 4.99 Å². The molecular formula is C8H16N2O3. The molecule has 0 aromatic rings. The number of nitrogens with two attached hydrogens (primary N) is 1. The van der Waals surface area contributed by atoms with Gasteiger partial charge in [0.05, 0.1) is 0 Å². The number of rotatable bonds is 3. The van der Waals surface area contributed by atoms with Crippen LogP contribution in [0, 0.1) is 5.92 Å².